The minimum atomic E-state index is -4.48. The summed E-state index contributed by atoms with van der Waals surface area (Å²) in [6, 6.07) is 11.0. The van der Waals surface area contributed by atoms with Crippen molar-refractivity contribution >= 4 is 36.1 Å². The fraction of sp³-hybridized carbons (Fsp3) is 0.240. The molecular weight excluding hydrogens is 513 g/mol. The van der Waals surface area contributed by atoms with Crippen LogP contribution in [-0.4, -0.2) is 51.1 Å². The number of phosphoric acid groups is 1. The van der Waals surface area contributed by atoms with Crippen molar-refractivity contribution in [2.24, 2.45) is 12.8 Å². The molecule has 13 heteroatoms. The van der Waals surface area contributed by atoms with Crippen molar-refractivity contribution in [3.63, 3.8) is 0 Å². The van der Waals surface area contributed by atoms with Crippen LogP contribution in [0.1, 0.15) is 22.5 Å². The van der Waals surface area contributed by atoms with E-state index in [1.54, 1.807) is 25.3 Å². The van der Waals surface area contributed by atoms with Crippen LogP contribution in [0.5, 0.6) is 11.5 Å². The van der Waals surface area contributed by atoms with Crippen LogP contribution in [0, 0.1) is 0 Å². The molecule has 2 aromatic heterocycles. The number of hydrogen-bond donors (Lipinski definition) is 4. The molecule has 0 aliphatic rings. The molecule has 0 bridgehead atoms. The number of nitrogens with two attached hydrogens (primary N) is 1. The maximum absolute atomic E-state index is 12.0. The van der Waals surface area contributed by atoms with Crippen molar-refractivity contribution in [2.45, 2.75) is 12.8 Å². The molecule has 0 aliphatic heterocycles. The maximum Gasteiger partial charge on any atom is 0.469 e. The van der Waals surface area contributed by atoms with Crippen molar-refractivity contribution in [1.82, 2.24) is 14.5 Å². The van der Waals surface area contributed by atoms with Gasteiger partial charge in [-0.25, -0.2) is 14.5 Å². The predicted molar refractivity (Wildman–Crippen MR) is 142 cm³/mol. The van der Waals surface area contributed by atoms with Gasteiger partial charge in [0.15, 0.2) is 23.0 Å². The number of carbonyl (C=O) groups is 1. The summed E-state index contributed by atoms with van der Waals surface area (Å²) < 4.78 is 28.0. The number of hydrogen-bond acceptors (Lipinski definition) is 8. The average Bonchev–Trinajstić information content (AvgIpc) is 3.20. The van der Waals surface area contributed by atoms with E-state index < -0.39 is 13.7 Å². The van der Waals surface area contributed by atoms with Gasteiger partial charge in [0.05, 0.1) is 32.7 Å². The fourth-order valence-electron chi connectivity index (χ4n) is 4.12. The smallest absolute Gasteiger partial charge is 0.469 e. The third kappa shape index (κ3) is 6.12. The molecule has 2 aromatic carbocycles. The molecule has 1 amide bonds. The lowest BCUT2D eigenvalue weighted by Crippen LogP contribution is -2.16. The van der Waals surface area contributed by atoms with Crippen molar-refractivity contribution in [2.75, 3.05) is 26.1 Å². The highest BCUT2D eigenvalue weighted by atomic mass is 31.2. The number of rotatable bonds is 11. The molecule has 0 aliphatic carbocycles. The summed E-state index contributed by atoms with van der Waals surface area (Å²) in [5.41, 5.74) is 9.39. The van der Waals surface area contributed by atoms with Crippen LogP contribution in [0.15, 0.2) is 48.8 Å². The van der Waals surface area contributed by atoms with Gasteiger partial charge >= 0.3 is 7.82 Å². The Morgan fingerprint density at radius 1 is 1.13 bits per heavy atom. The Labute approximate surface area is 218 Å². The summed E-state index contributed by atoms with van der Waals surface area (Å²) in [6.45, 7) is -0.0452. The molecular formula is C25H28N5O7P. The Hall–Kier alpha value is -3.96. The molecule has 0 radical (unpaired) electrons. The molecule has 4 rings (SSSR count). The van der Waals surface area contributed by atoms with Gasteiger partial charge in [-0.2, -0.15) is 0 Å². The zero-order valence-electron chi connectivity index (χ0n) is 21.0. The summed E-state index contributed by atoms with van der Waals surface area (Å²) in [6.07, 6.45) is 4.50. The van der Waals surface area contributed by atoms with Gasteiger partial charge in [-0.3, -0.25) is 9.32 Å². The van der Waals surface area contributed by atoms with Crippen LogP contribution in [0.4, 0.5) is 11.5 Å². The number of aromatic nitrogens is 3. The second kappa shape index (κ2) is 11.2. The van der Waals surface area contributed by atoms with E-state index in [0.29, 0.717) is 35.7 Å². The largest absolute Gasteiger partial charge is 0.493 e. The van der Waals surface area contributed by atoms with Crippen molar-refractivity contribution in [3.8, 4) is 22.8 Å². The van der Waals surface area contributed by atoms with Crippen molar-refractivity contribution in [3.05, 3.63) is 60.0 Å². The van der Waals surface area contributed by atoms with E-state index in [2.05, 4.69) is 19.8 Å². The SMILES string of the molecule is COc1ccc(Nc2nc(-c3ccc4c(CCCOP(=O)(O)O)cn(C)c4c3)cnc2C(N)=O)cc1OC. The number of anilines is 2. The summed E-state index contributed by atoms with van der Waals surface area (Å²) >= 11 is 0. The van der Waals surface area contributed by atoms with Crippen molar-refractivity contribution < 1.29 is 33.1 Å². The number of nitrogens with zero attached hydrogens (tertiary/aromatic N) is 3. The second-order valence-corrected chi connectivity index (χ2v) is 9.68. The van der Waals surface area contributed by atoms with E-state index in [9.17, 15) is 9.36 Å². The van der Waals surface area contributed by atoms with Gasteiger partial charge in [-0.1, -0.05) is 12.1 Å². The molecule has 0 spiro atoms. The Bertz CT molecular complexity index is 1530. The number of benzene rings is 2. The van der Waals surface area contributed by atoms with Gasteiger partial charge < -0.3 is 34.9 Å². The number of carbonyl (C=O) groups excluding carboxylic acids is 1. The zero-order chi connectivity index (χ0) is 27.4. The Balaban J connectivity index is 1.63. The lowest BCUT2D eigenvalue weighted by molar-refractivity contribution is 0.0996. The molecule has 0 fully saturated rings. The predicted octanol–water partition coefficient (Wildman–Crippen LogP) is 3.54. The highest BCUT2D eigenvalue weighted by Gasteiger charge is 2.17. The Morgan fingerprint density at radius 3 is 2.58 bits per heavy atom. The van der Waals surface area contributed by atoms with Crippen LogP contribution in [0.3, 0.4) is 0 Å². The maximum atomic E-state index is 12.0. The number of amides is 1. The van der Waals surface area contributed by atoms with E-state index in [0.717, 1.165) is 22.0 Å². The fourth-order valence-corrected chi connectivity index (χ4v) is 4.49. The molecule has 0 saturated heterocycles. The van der Waals surface area contributed by atoms with Gasteiger partial charge in [-0.05, 0) is 36.6 Å². The molecule has 2 heterocycles. The lowest BCUT2D eigenvalue weighted by Gasteiger charge is -2.13. The number of primary amides is 1. The second-order valence-electron chi connectivity index (χ2n) is 8.44. The van der Waals surface area contributed by atoms with Crippen LogP contribution in [0.25, 0.3) is 22.2 Å². The molecule has 5 N–H and O–H groups in total. The van der Waals surface area contributed by atoms with Gasteiger partial charge in [0, 0.05) is 41.5 Å². The van der Waals surface area contributed by atoms with E-state index in [1.807, 2.05) is 36.0 Å². The van der Waals surface area contributed by atoms with Gasteiger partial charge in [0.2, 0.25) is 0 Å². The number of aryl methyl sites for hydroxylation is 2. The van der Waals surface area contributed by atoms with E-state index >= 15 is 0 Å². The first-order valence-corrected chi connectivity index (χ1v) is 13.1. The standard InChI is InChI=1S/C25H28N5O7P/c1-30-14-16(5-4-10-37-38(32,33)34)18-8-6-15(11-20(18)30)19-13-27-23(24(26)31)25(29-19)28-17-7-9-21(35-2)22(12-17)36-3/h6-9,11-14H,4-5,10H2,1-3H3,(H2,26,31)(H,28,29)(H2,32,33,34). The summed E-state index contributed by atoms with van der Waals surface area (Å²) in [7, 11) is 0.498. The lowest BCUT2D eigenvalue weighted by atomic mass is 10.1. The van der Waals surface area contributed by atoms with Crippen molar-refractivity contribution in [1.29, 1.82) is 0 Å². The first-order valence-electron chi connectivity index (χ1n) is 11.5. The number of nitrogens with one attached hydrogen (secondary N) is 1. The number of methoxy groups -OCH3 is 2. The highest BCUT2D eigenvalue weighted by Crippen LogP contribution is 2.36. The normalized spacial score (nSPS) is 11.5. The first kappa shape index (κ1) is 27.1. The summed E-state index contributed by atoms with van der Waals surface area (Å²) in [5.74, 6) is 0.523. The third-order valence-electron chi connectivity index (χ3n) is 5.87. The average molecular weight is 542 g/mol. The van der Waals surface area contributed by atoms with E-state index in [-0.39, 0.29) is 18.1 Å². The molecule has 0 saturated carbocycles. The molecule has 4 aromatic rings. The summed E-state index contributed by atoms with van der Waals surface area (Å²) in [4.78, 5) is 38.7. The molecule has 200 valence electrons. The summed E-state index contributed by atoms with van der Waals surface area (Å²) in [5, 5.41) is 4.10. The van der Waals surface area contributed by atoms with Crippen LogP contribution >= 0.6 is 7.82 Å². The van der Waals surface area contributed by atoms with Crippen LogP contribution in [-0.2, 0) is 22.6 Å². The molecule has 0 unspecified atom stereocenters. The van der Waals surface area contributed by atoms with Gasteiger partial charge in [0.25, 0.3) is 5.91 Å². The molecule has 38 heavy (non-hydrogen) atoms. The Morgan fingerprint density at radius 2 is 1.89 bits per heavy atom. The van der Waals surface area contributed by atoms with Crippen LogP contribution in [0.2, 0.25) is 0 Å². The van der Waals surface area contributed by atoms with E-state index in [4.69, 9.17) is 25.0 Å². The number of ether oxygens (including phenoxy) is 2. The minimum absolute atomic E-state index is 0.0108. The number of phosphoric ester groups is 1. The van der Waals surface area contributed by atoms with E-state index in [1.165, 1.54) is 13.3 Å². The minimum Gasteiger partial charge on any atom is -0.493 e. The first-order chi connectivity index (χ1) is 18.1. The monoisotopic (exact) mass is 541 g/mol. The zero-order valence-corrected chi connectivity index (χ0v) is 21.9. The van der Waals surface area contributed by atoms with Gasteiger partial charge in [0.1, 0.15) is 0 Å². The molecule has 12 nitrogen and oxygen atoms in total. The third-order valence-corrected chi connectivity index (χ3v) is 6.39. The molecule has 0 atom stereocenters. The van der Waals surface area contributed by atoms with Crippen LogP contribution < -0.4 is 20.5 Å². The topological polar surface area (TPSA) is 171 Å². The quantitative estimate of drug-likeness (QED) is 0.163. The number of fused-ring (bicyclic) bond motifs is 1. The Kier molecular flexibility index (Phi) is 7.98. The highest BCUT2D eigenvalue weighted by molar-refractivity contribution is 7.46. The van der Waals surface area contributed by atoms with Gasteiger partial charge in [-0.15, -0.1) is 0 Å².